The summed E-state index contributed by atoms with van der Waals surface area (Å²) in [5, 5.41) is 4.64. The molecule has 0 aliphatic heterocycles. The maximum absolute atomic E-state index is 6.35. The molecule has 2 rings (SSSR count). The number of nitrogens with two attached hydrogens (primary N) is 2. The van der Waals surface area contributed by atoms with Crippen LogP contribution in [0.3, 0.4) is 0 Å². The van der Waals surface area contributed by atoms with E-state index in [2.05, 4.69) is 69.4 Å². The van der Waals surface area contributed by atoms with Gasteiger partial charge in [0, 0.05) is 28.9 Å². The van der Waals surface area contributed by atoms with Gasteiger partial charge in [-0.3, -0.25) is 0 Å². The monoisotopic (exact) mass is 369 g/mol. The second-order valence-corrected chi connectivity index (χ2v) is 6.41. The first kappa shape index (κ1) is 20.9. The van der Waals surface area contributed by atoms with E-state index in [9.17, 15) is 0 Å². The maximum Gasteiger partial charge on any atom is 0.0110 e. The molecule has 2 unspecified atom stereocenters. The van der Waals surface area contributed by atoms with Crippen molar-refractivity contribution in [2.24, 2.45) is 11.5 Å². The van der Waals surface area contributed by atoms with Gasteiger partial charge >= 0.3 is 0 Å². The van der Waals surface area contributed by atoms with E-state index in [0.717, 1.165) is 0 Å². The number of hydrogen-bond donors (Lipinski definition) is 2. The Balaban J connectivity index is 0.00000288. The number of rotatable bonds is 6. The Morgan fingerprint density at radius 2 is 1.00 bits per heavy atom. The molecule has 3 nitrogen and oxygen atoms in total. The largest absolute Gasteiger partial charge is 0.659 e. The van der Waals surface area contributed by atoms with E-state index in [1.54, 1.807) is 0 Å². The summed E-state index contributed by atoms with van der Waals surface area (Å²) >= 11 is 0. The van der Waals surface area contributed by atoms with Crippen molar-refractivity contribution >= 4 is 0 Å². The number of benzene rings is 2. The fourth-order valence-corrected chi connectivity index (χ4v) is 3.36. The Labute approximate surface area is 156 Å². The van der Waals surface area contributed by atoms with E-state index in [-0.39, 0.29) is 28.9 Å². The van der Waals surface area contributed by atoms with E-state index in [0.29, 0.717) is 13.1 Å². The zero-order chi connectivity index (χ0) is 17.0. The molecule has 2 aromatic carbocycles. The average molecular weight is 369 g/mol. The van der Waals surface area contributed by atoms with Gasteiger partial charge in [-0.25, -0.2) is 0 Å². The SMILES string of the molecule is Cc1cccc(C)c1C(N)C[N-]CC(N)c1c(C)cccc1C.[Co]. The Kier molecular flexibility index (Phi) is 8.13. The minimum absolute atomic E-state index is 0. The molecule has 0 aliphatic rings. The zero-order valence-electron chi connectivity index (χ0n) is 15.0. The van der Waals surface area contributed by atoms with E-state index in [4.69, 9.17) is 11.5 Å². The summed E-state index contributed by atoms with van der Waals surface area (Å²) in [6.07, 6.45) is 0. The summed E-state index contributed by atoms with van der Waals surface area (Å²) in [7, 11) is 0. The van der Waals surface area contributed by atoms with E-state index in [1.165, 1.54) is 33.4 Å². The van der Waals surface area contributed by atoms with Crippen LogP contribution in [0.1, 0.15) is 45.5 Å². The van der Waals surface area contributed by atoms with Gasteiger partial charge in [-0.1, -0.05) is 36.4 Å². The molecule has 2 atom stereocenters. The second kappa shape index (κ2) is 9.35. The summed E-state index contributed by atoms with van der Waals surface area (Å²) < 4.78 is 0. The van der Waals surface area contributed by atoms with Gasteiger partial charge in [0.15, 0.2) is 0 Å². The molecule has 133 valence electrons. The third-order valence-corrected chi connectivity index (χ3v) is 4.48. The van der Waals surface area contributed by atoms with Crippen LogP contribution in [0.4, 0.5) is 0 Å². The summed E-state index contributed by atoms with van der Waals surface area (Å²) in [5.74, 6) is 0. The molecule has 0 amide bonds. The van der Waals surface area contributed by atoms with Crippen LogP contribution in [0, 0.1) is 27.7 Å². The van der Waals surface area contributed by atoms with Crippen LogP contribution in [-0.2, 0) is 16.8 Å². The molecule has 0 aromatic heterocycles. The summed E-state index contributed by atoms with van der Waals surface area (Å²) in [5.41, 5.74) is 20.0. The number of hydrogen-bond acceptors (Lipinski definition) is 2. The van der Waals surface area contributed by atoms with Gasteiger partial charge in [0.25, 0.3) is 0 Å². The molecule has 0 bridgehead atoms. The molecule has 1 radical (unpaired) electrons. The van der Waals surface area contributed by atoms with Gasteiger partial charge < -0.3 is 16.8 Å². The van der Waals surface area contributed by atoms with Gasteiger partial charge in [0.05, 0.1) is 0 Å². The molecule has 4 heteroatoms. The van der Waals surface area contributed by atoms with Crippen molar-refractivity contribution in [1.82, 2.24) is 0 Å². The van der Waals surface area contributed by atoms with Crippen molar-refractivity contribution in [3.63, 3.8) is 0 Å². The third-order valence-electron chi connectivity index (χ3n) is 4.48. The van der Waals surface area contributed by atoms with E-state index in [1.807, 2.05) is 0 Å². The van der Waals surface area contributed by atoms with Crippen LogP contribution in [-0.4, -0.2) is 13.1 Å². The Morgan fingerprint density at radius 1 is 0.708 bits per heavy atom. The second-order valence-electron chi connectivity index (χ2n) is 6.41. The van der Waals surface area contributed by atoms with Crippen molar-refractivity contribution in [2.45, 2.75) is 39.8 Å². The zero-order valence-corrected chi connectivity index (χ0v) is 16.0. The van der Waals surface area contributed by atoms with Crippen LogP contribution in [0.25, 0.3) is 5.32 Å². The van der Waals surface area contributed by atoms with Gasteiger partial charge in [0.2, 0.25) is 0 Å². The maximum atomic E-state index is 6.35. The van der Waals surface area contributed by atoms with Gasteiger partial charge in [0.1, 0.15) is 0 Å². The summed E-state index contributed by atoms with van der Waals surface area (Å²) in [6.45, 7) is 9.61. The average Bonchev–Trinajstić information content (AvgIpc) is 2.46. The molecule has 0 saturated carbocycles. The fourth-order valence-electron chi connectivity index (χ4n) is 3.36. The minimum atomic E-state index is -0.0682. The first-order chi connectivity index (χ1) is 10.9. The van der Waals surface area contributed by atoms with Crippen LogP contribution in [0.15, 0.2) is 36.4 Å². The van der Waals surface area contributed by atoms with Gasteiger partial charge in [-0.2, -0.15) is 0 Å². The Bertz CT molecular complexity index is 572. The molecule has 0 aliphatic carbocycles. The first-order valence-corrected chi connectivity index (χ1v) is 8.18. The molecule has 2 aromatic rings. The molecular formula is C20H28CoN3-. The Hall–Kier alpha value is -1.17. The summed E-state index contributed by atoms with van der Waals surface area (Å²) in [6, 6.07) is 12.4. The van der Waals surface area contributed by atoms with Crippen molar-refractivity contribution < 1.29 is 16.8 Å². The van der Waals surface area contributed by atoms with Crippen LogP contribution in [0.5, 0.6) is 0 Å². The van der Waals surface area contributed by atoms with E-state index < -0.39 is 0 Å². The molecule has 0 fully saturated rings. The molecule has 4 N–H and O–H groups in total. The van der Waals surface area contributed by atoms with Gasteiger partial charge in [-0.15, -0.1) is 13.1 Å². The predicted octanol–water partition coefficient (Wildman–Crippen LogP) is 3.99. The number of nitrogens with zero attached hydrogens (tertiary/aromatic N) is 1. The number of aryl methyl sites for hydroxylation is 4. The molecular weight excluding hydrogens is 341 g/mol. The van der Waals surface area contributed by atoms with Crippen molar-refractivity contribution in [2.75, 3.05) is 13.1 Å². The minimum Gasteiger partial charge on any atom is -0.659 e. The Morgan fingerprint density at radius 3 is 1.29 bits per heavy atom. The fraction of sp³-hybridized carbons (Fsp3) is 0.400. The van der Waals surface area contributed by atoms with Crippen LogP contribution >= 0.6 is 0 Å². The predicted molar refractivity (Wildman–Crippen MR) is 98.8 cm³/mol. The first-order valence-electron chi connectivity index (χ1n) is 8.18. The normalized spacial score (nSPS) is 13.2. The molecule has 24 heavy (non-hydrogen) atoms. The van der Waals surface area contributed by atoms with Crippen LogP contribution in [0.2, 0.25) is 0 Å². The molecule has 0 saturated heterocycles. The quantitative estimate of drug-likeness (QED) is 0.809. The standard InChI is InChI=1S/C20H28N3.Co/c1-13-7-5-8-14(2)19(13)17(21)11-23-12-18(22)20-15(3)9-6-10-16(20)4;/h5-10,17-18H,11-12,21-22H2,1-4H3;/q-1;. The van der Waals surface area contributed by atoms with Crippen molar-refractivity contribution in [1.29, 1.82) is 0 Å². The van der Waals surface area contributed by atoms with Crippen LogP contribution < -0.4 is 11.5 Å². The molecule has 0 spiro atoms. The molecule has 0 heterocycles. The van der Waals surface area contributed by atoms with Crippen molar-refractivity contribution in [3.05, 3.63) is 75.1 Å². The van der Waals surface area contributed by atoms with Crippen molar-refractivity contribution in [3.8, 4) is 0 Å². The topological polar surface area (TPSA) is 66.1 Å². The third kappa shape index (κ3) is 4.91. The summed E-state index contributed by atoms with van der Waals surface area (Å²) in [4.78, 5) is 0. The smallest absolute Gasteiger partial charge is 0.0110 e. The van der Waals surface area contributed by atoms with E-state index >= 15 is 0 Å². The van der Waals surface area contributed by atoms with Gasteiger partial charge in [-0.05, 0) is 61.1 Å².